The van der Waals surface area contributed by atoms with Crippen LogP contribution in [0.15, 0.2) is 24.3 Å². The standard InChI is InChI=1S/C14H15N5O/c1-8-4-6-10(7-5-8)14(20)15-12-11-9(2)18-19(3)13(11)17-16-12/h4-7H,1-3H3,(H2,15,16,17,20). The van der Waals surface area contributed by atoms with Gasteiger partial charge in [0.05, 0.1) is 11.1 Å². The smallest absolute Gasteiger partial charge is 0.256 e. The van der Waals surface area contributed by atoms with Crippen LogP contribution >= 0.6 is 0 Å². The van der Waals surface area contributed by atoms with Gasteiger partial charge >= 0.3 is 0 Å². The maximum Gasteiger partial charge on any atom is 0.256 e. The van der Waals surface area contributed by atoms with Crippen LogP contribution in [0.5, 0.6) is 0 Å². The predicted molar refractivity (Wildman–Crippen MR) is 76.7 cm³/mol. The fourth-order valence-corrected chi connectivity index (χ4v) is 2.21. The van der Waals surface area contributed by atoms with Gasteiger partial charge in [-0.2, -0.15) is 10.2 Å². The van der Waals surface area contributed by atoms with E-state index >= 15 is 0 Å². The molecule has 2 heterocycles. The van der Waals surface area contributed by atoms with Gasteiger partial charge in [0.15, 0.2) is 5.65 Å². The first-order valence-corrected chi connectivity index (χ1v) is 6.32. The second kappa shape index (κ2) is 4.48. The number of amides is 1. The van der Waals surface area contributed by atoms with Crippen molar-refractivity contribution >= 4 is 22.8 Å². The lowest BCUT2D eigenvalue weighted by atomic mass is 10.1. The Labute approximate surface area is 115 Å². The number of nitrogens with zero attached hydrogens (tertiary/aromatic N) is 3. The maximum atomic E-state index is 12.2. The number of anilines is 1. The summed E-state index contributed by atoms with van der Waals surface area (Å²) in [6.45, 7) is 3.87. The Morgan fingerprint density at radius 1 is 1.25 bits per heavy atom. The van der Waals surface area contributed by atoms with Crippen molar-refractivity contribution < 1.29 is 4.79 Å². The van der Waals surface area contributed by atoms with Crippen LogP contribution in [-0.4, -0.2) is 25.9 Å². The SMILES string of the molecule is Cc1ccc(C(=O)Nc2[nH]nc3c2c(C)nn3C)cc1. The molecule has 0 saturated carbocycles. The monoisotopic (exact) mass is 269 g/mol. The highest BCUT2D eigenvalue weighted by Crippen LogP contribution is 2.23. The molecule has 20 heavy (non-hydrogen) atoms. The largest absolute Gasteiger partial charge is 0.306 e. The van der Waals surface area contributed by atoms with E-state index in [1.54, 1.807) is 16.8 Å². The fraction of sp³-hybridized carbons (Fsp3) is 0.214. The first kappa shape index (κ1) is 12.4. The Bertz CT molecular complexity index is 782. The normalized spacial score (nSPS) is 10.9. The van der Waals surface area contributed by atoms with Crippen molar-refractivity contribution in [2.24, 2.45) is 7.05 Å². The molecule has 1 amide bonds. The number of carbonyl (C=O) groups is 1. The van der Waals surface area contributed by atoms with Gasteiger partial charge in [-0.1, -0.05) is 17.7 Å². The van der Waals surface area contributed by atoms with Crippen LogP contribution in [0.2, 0.25) is 0 Å². The van der Waals surface area contributed by atoms with Crippen molar-refractivity contribution in [3.8, 4) is 0 Å². The Hall–Kier alpha value is -2.63. The van der Waals surface area contributed by atoms with Crippen LogP contribution in [0.1, 0.15) is 21.6 Å². The molecule has 0 spiro atoms. The minimum atomic E-state index is -0.168. The van der Waals surface area contributed by atoms with E-state index in [1.807, 2.05) is 33.0 Å². The number of rotatable bonds is 2. The third-order valence-corrected chi connectivity index (χ3v) is 3.27. The molecule has 0 aliphatic heterocycles. The molecule has 6 heteroatoms. The third kappa shape index (κ3) is 1.95. The molecule has 0 radical (unpaired) electrons. The van der Waals surface area contributed by atoms with Crippen LogP contribution in [0.25, 0.3) is 11.0 Å². The topological polar surface area (TPSA) is 75.6 Å². The first-order chi connectivity index (χ1) is 9.56. The van der Waals surface area contributed by atoms with Gasteiger partial charge in [-0.25, -0.2) is 4.68 Å². The van der Waals surface area contributed by atoms with E-state index in [9.17, 15) is 4.79 Å². The lowest BCUT2D eigenvalue weighted by Crippen LogP contribution is -2.12. The minimum absolute atomic E-state index is 0.168. The molecule has 0 atom stereocenters. The van der Waals surface area contributed by atoms with Crippen LogP contribution in [0.4, 0.5) is 5.82 Å². The minimum Gasteiger partial charge on any atom is -0.306 e. The van der Waals surface area contributed by atoms with Crippen molar-refractivity contribution in [1.82, 2.24) is 20.0 Å². The number of H-pyrrole nitrogens is 1. The van der Waals surface area contributed by atoms with Crippen molar-refractivity contribution in [1.29, 1.82) is 0 Å². The molecule has 102 valence electrons. The lowest BCUT2D eigenvalue weighted by Gasteiger charge is -2.03. The van der Waals surface area contributed by atoms with Crippen molar-refractivity contribution in [3.05, 3.63) is 41.1 Å². The average molecular weight is 269 g/mol. The summed E-state index contributed by atoms with van der Waals surface area (Å²) >= 11 is 0. The van der Waals surface area contributed by atoms with Gasteiger partial charge in [0.1, 0.15) is 5.82 Å². The molecule has 0 saturated heterocycles. The van der Waals surface area contributed by atoms with Crippen LogP contribution in [0.3, 0.4) is 0 Å². The number of aromatic nitrogens is 4. The fourth-order valence-electron chi connectivity index (χ4n) is 2.21. The predicted octanol–water partition coefficient (Wildman–Crippen LogP) is 2.17. The summed E-state index contributed by atoms with van der Waals surface area (Å²) in [5, 5.41) is 15.0. The number of nitrogens with one attached hydrogen (secondary N) is 2. The summed E-state index contributed by atoms with van der Waals surface area (Å²) in [7, 11) is 1.82. The maximum absolute atomic E-state index is 12.2. The Morgan fingerprint density at radius 3 is 2.65 bits per heavy atom. The van der Waals surface area contributed by atoms with E-state index in [1.165, 1.54) is 0 Å². The summed E-state index contributed by atoms with van der Waals surface area (Å²) in [5.74, 6) is 0.412. The summed E-state index contributed by atoms with van der Waals surface area (Å²) in [6, 6.07) is 7.42. The Morgan fingerprint density at radius 2 is 1.95 bits per heavy atom. The second-order valence-corrected chi connectivity index (χ2v) is 4.83. The van der Waals surface area contributed by atoms with Gasteiger partial charge in [-0.05, 0) is 26.0 Å². The van der Waals surface area contributed by atoms with Gasteiger partial charge in [0.25, 0.3) is 5.91 Å². The second-order valence-electron chi connectivity index (χ2n) is 4.83. The lowest BCUT2D eigenvalue weighted by molar-refractivity contribution is 0.102. The highest BCUT2D eigenvalue weighted by atomic mass is 16.1. The van der Waals surface area contributed by atoms with Gasteiger partial charge in [0.2, 0.25) is 0 Å². The zero-order valence-corrected chi connectivity index (χ0v) is 11.6. The number of aromatic amines is 1. The van der Waals surface area contributed by atoms with E-state index in [2.05, 4.69) is 20.6 Å². The quantitative estimate of drug-likeness (QED) is 0.748. The van der Waals surface area contributed by atoms with Gasteiger partial charge in [-0.15, -0.1) is 0 Å². The zero-order valence-electron chi connectivity index (χ0n) is 11.6. The molecule has 0 aliphatic carbocycles. The molecular formula is C14H15N5O. The summed E-state index contributed by atoms with van der Waals surface area (Å²) < 4.78 is 1.68. The van der Waals surface area contributed by atoms with Crippen molar-refractivity contribution in [2.45, 2.75) is 13.8 Å². The molecular weight excluding hydrogens is 254 g/mol. The third-order valence-electron chi connectivity index (χ3n) is 3.27. The van der Waals surface area contributed by atoms with Crippen molar-refractivity contribution in [2.75, 3.05) is 5.32 Å². The highest BCUT2D eigenvalue weighted by Gasteiger charge is 2.16. The van der Waals surface area contributed by atoms with Crippen LogP contribution < -0.4 is 5.32 Å². The molecule has 0 unspecified atom stereocenters. The zero-order chi connectivity index (χ0) is 14.3. The number of benzene rings is 1. The molecule has 3 aromatic rings. The van der Waals surface area contributed by atoms with E-state index < -0.39 is 0 Å². The van der Waals surface area contributed by atoms with E-state index in [0.717, 1.165) is 22.3 Å². The summed E-state index contributed by atoms with van der Waals surface area (Å²) in [6.07, 6.45) is 0. The first-order valence-electron chi connectivity index (χ1n) is 6.32. The van der Waals surface area contributed by atoms with Gasteiger partial charge in [-0.3, -0.25) is 9.89 Å². The molecule has 0 aliphatic rings. The molecule has 3 rings (SSSR count). The summed E-state index contributed by atoms with van der Waals surface area (Å²) in [5.41, 5.74) is 3.28. The van der Waals surface area contributed by atoms with Crippen molar-refractivity contribution in [3.63, 3.8) is 0 Å². The number of aryl methyl sites for hydroxylation is 3. The molecule has 2 N–H and O–H groups in total. The average Bonchev–Trinajstić information content (AvgIpc) is 2.94. The molecule has 0 fully saturated rings. The van der Waals surface area contributed by atoms with Gasteiger partial charge in [0, 0.05) is 12.6 Å². The molecule has 2 aromatic heterocycles. The van der Waals surface area contributed by atoms with E-state index in [0.29, 0.717) is 11.4 Å². The van der Waals surface area contributed by atoms with Crippen LogP contribution in [0, 0.1) is 13.8 Å². The number of carbonyl (C=O) groups excluding carboxylic acids is 1. The Balaban J connectivity index is 1.93. The molecule has 1 aromatic carbocycles. The number of hydrogen-bond acceptors (Lipinski definition) is 3. The number of fused-ring (bicyclic) bond motifs is 1. The highest BCUT2D eigenvalue weighted by molar-refractivity contribution is 6.07. The van der Waals surface area contributed by atoms with Gasteiger partial charge < -0.3 is 5.32 Å². The molecule has 0 bridgehead atoms. The summed E-state index contributed by atoms with van der Waals surface area (Å²) in [4.78, 5) is 12.2. The van der Waals surface area contributed by atoms with Crippen LogP contribution in [-0.2, 0) is 7.05 Å². The van der Waals surface area contributed by atoms with E-state index in [4.69, 9.17) is 0 Å². The number of hydrogen-bond donors (Lipinski definition) is 2. The molecule has 6 nitrogen and oxygen atoms in total. The Kier molecular flexibility index (Phi) is 2.78. The van der Waals surface area contributed by atoms with E-state index in [-0.39, 0.29) is 5.91 Å².